The summed E-state index contributed by atoms with van der Waals surface area (Å²) >= 11 is 0. The van der Waals surface area contributed by atoms with Crippen LogP contribution in [-0.2, 0) is 20.9 Å². The minimum absolute atomic E-state index is 0.239. The maximum absolute atomic E-state index is 12.9. The summed E-state index contributed by atoms with van der Waals surface area (Å²) in [5.74, 6) is 0.612. The second-order valence-corrected chi connectivity index (χ2v) is 12.1. The van der Waals surface area contributed by atoms with Crippen LogP contribution in [-0.4, -0.2) is 30.9 Å². The van der Waals surface area contributed by atoms with E-state index in [9.17, 15) is 13.5 Å². The van der Waals surface area contributed by atoms with Gasteiger partial charge in [-0.05, 0) is 46.9 Å². The first-order valence-corrected chi connectivity index (χ1v) is 11.2. The molecule has 27 heavy (non-hydrogen) atoms. The second kappa shape index (κ2) is 7.25. The van der Waals surface area contributed by atoms with Gasteiger partial charge < -0.3 is 5.11 Å². The fourth-order valence-electron chi connectivity index (χ4n) is 3.46. The van der Waals surface area contributed by atoms with Gasteiger partial charge in [0.15, 0.2) is 0 Å². The number of aromatic hydroxyl groups is 1. The van der Waals surface area contributed by atoms with Gasteiger partial charge in [-0.3, -0.25) is 0 Å². The Morgan fingerprint density at radius 2 is 1.56 bits per heavy atom. The van der Waals surface area contributed by atoms with Gasteiger partial charge in [0.1, 0.15) is 5.75 Å². The number of hydrogen-bond donors (Lipinski definition) is 1. The highest BCUT2D eigenvalue weighted by Crippen LogP contribution is 2.40. The molecule has 2 rings (SSSR count). The van der Waals surface area contributed by atoms with Gasteiger partial charge in [-0.15, -0.1) is 0 Å². The molecule has 0 aromatic heterocycles. The zero-order valence-electron chi connectivity index (χ0n) is 18.0. The van der Waals surface area contributed by atoms with E-state index in [1.165, 1.54) is 0 Å². The summed E-state index contributed by atoms with van der Waals surface area (Å²) in [6.07, 6.45) is 2.32. The zero-order valence-corrected chi connectivity index (χ0v) is 18.9. The van der Waals surface area contributed by atoms with Crippen molar-refractivity contribution in [3.8, 4) is 5.75 Å². The van der Waals surface area contributed by atoms with Crippen LogP contribution in [0.4, 0.5) is 0 Å². The van der Waals surface area contributed by atoms with Crippen molar-refractivity contribution in [2.45, 2.75) is 72.6 Å². The zero-order chi connectivity index (χ0) is 20.8. The molecule has 0 aliphatic carbocycles. The summed E-state index contributed by atoms with van der Waals surface area (Å²) in [5.41, 5.74) is 2.05. The molecule has 0 unspecified atom stereocenters. The molecule has 0 atom stereocenters. The monoisotopic (exact) mass is 393 g/mol. The Kier molecular flexibility index (Phi) is 5.90. The minimum atomic E-state index is -3.40. The van der Waals surface area contributed by atoms with E-state index in [1.54, 1.807) is 10.4 Å². The predicted octanol–water partition coefficient (Wildman–Crippen LogP) is 5.02. The fraction of sp³-hybridized carbons (Fsp3) is 0.636. The molecule has 4 nitrogen and oxygen atoms in total. The third-order valence-corrected chi connectivity index (χ3v) is 6.92. The summed E-state index contributed by atoms with van der Waals surface area (Å²) in [7, 11) is -3.40. The van der Waals surface area contributed by atoms with Gasteiger partial charge in [-0.2, -0.15) is 4.31 Å². The van der Waals surface area contributed by atoms with Crippen molar-refractivity contribution >= 4 is 16.1 Å². The number of sulfonamides is 1. The summed E-state index contributed by atoms with van der Waals surface area (Å²) in [6.45, 7) is 17.5. The second-order valence-electron chi connectivity index (χ2n) is 10.1. The third kappa shape index (κ3) is 4.75. The van der Waals surface area contributed by atoms with Crippen LogP contribution in [0.5, 0.6) is 5.75 Å². The molecule has 1 saturated heterocycles. The molecule has 1 aliphatic heterocycles. The Labute approximate surface area is 165 Å². The molecule has 1 N–H and O–H groups in total. The van der Waals surface area contributed by atoms with Crippen LogP contribution < -0.4 is 0 Å². The molecule has 152 valence electrons. The average Bonchev–Trinajstić information content (AvgIpc) is 2.73. The van der Waals surface area contributed by atoms with E-state index in [-0.39, 0.29) is 10.8 Å². The van der Waals surface area contributed by atoms with Crippen molar-refractivity contribution in [2.24, 2.45) is 5.92 Å². The van der Waals surface area contributed by atoms with Gasteiger partial charge >= 0.3 is 0 Å². The smallest absolute Gasteiger partial charge is 0.239 e. The molecule has 1 fully saturated rings. The fourth-order valence-corrected chi connectivity index (χ4v) is 5.25. The first-order valence-electron chi connectivity index (χ1n) is 9.72. The molecule has 0 saturated carbocycles. The summed E-state index contributed by atoms with van der Waals surface area (Å²) < 4.78 is 27.3. The van der Waals surface area contributed by atoms with Crippen molar-refractivity contribution in [3.63, 3.8) is 0 Å². The normalized spacial score (nSPS) is 20.0. The van der Waals surface area contributed by atoms with E-state index in [4.69, 9.17) is 0 Å². The third-order valence-electron chi connectivity index (χ3n) is 4.92. The topological polar surface area (TPSA) is 57.6 Å². The van der Waals surface area contributed by atoms with Gasteiger partial charge in [-0.25, -0.2) is 8.42 Å². The lowest BCUT2D eigenvalue weighted by molar-refractivity contribution is 0.392. The van der Waals surface area contributed by atoms with Crippen LogP contribution in [0.2, 0.25) is 0 Å². The molecule has 0 amide bonds. The van der Waals surface area contributed by atoms with Crippen LogP contribution in [0.25, 0.3) is 6.08 Å². The van der Waals surface area contributed by atoms with Gasteiger partial charge in [0.2, 0.25) is 10.0 Å². The van der Waals surface area contributed by atoms with Crippen molar-refractivity contribution in [1.82, 2.24) is 4.31 Å². The molecule has 1 heterocycles. The highest BCUT2D eigenvalue weighted by molar-refractivity contribution is 7.93. The lowest BCUT2D eigenvalue weighted by Crippen LogP contribution is -2.29. The SMILES string of the molecule is CC(C)CN1CC/C(=C/c2cc(C(C)(C)C)c(O)c(C(C)(C)C)c2)S1(=O)=O. The summed E-state index contributed by atoms with van der Waals surface area (Å²) in [5, 5.41) is 10.8. The van der Waals surface area contributed by atoms with E-state index in [0.29, 0.717) is 36.1 Å². The number of hydrogen-bond acceptors (Lipinski definition) is 3. The molecule has 0 radical (unpaired) electrons. The average molecular weight is 394 g/mol. The Bertz CT molecular complexity index is 802. The summed E-state index contributed by atoms with van der Waals surface area (Å²) in [4.78, 5) is 0.466. The highest BCUT2D eigenvalue weighted by atomic mass is 32.2. The van der Waals surface area contributed by atoms with Gasteiger partial charge in [0.25, 0.3) is 0 Å². The van der Waals surface area contributed by atoms with Crippen LogP contribution in [0.15, 0.2) is 17.0 Å². The van der Waals surface area contributed by atoms with Crippen LogP contribution in [0.3, 0.4) is 0 Å². The maximum atomic E-state index is 12.9. The van der Waals surface area contributed by atoms with Crippen molar-refractivity contribution < 1.29 is 13.5 Å². The van der Waals surface area contributed by atoms with E-state index < -0.39 is 10.0 Å². The quantitative estimate of drug-likeness (QED) is 0.784. The Hall–Kier alpha value is -1.33. The van der Waals surface area contributed by atoms with Crippen LogP contribution in [0, 0.1) is 5.92 Å². The number of rotatable bonds is 3. The molecule has 5 heteroatoms. The summed E-state index contributed by atoms with van der Waals surface area (Å²) in [6, 6.07) is 3.86. The van der Waals surface area contributed by atoms with E-state index in [2.05, 4.69) is 41.5 Å². The Balaban J connectivity index is 2.58. The van der Waals surface area contributed by atoms with Crippen LogP contribution in [0.1, 0.15) is 78.5 Å². The lowest BCUT2D eigenvalue weighted by Gasteiger charge is -2.28. The molecule has 0 bridgehead atoms. The number of phenolic OH excluding ortho intramolecular Hbond substituents is 1. The molecule has 0 spiro atoms. The molecule has 1 aliphatic rings. The van der Waals surface area contributed by atoms with Crippen LogP contribution >= 0.6 is 0 Å². The Morgan fingerprint density at radius 3 is 1.96 bits per heavy atom. The number of phenols is 1. The lowest BCUT2D eigenvalue weighted by atomic mass is 9.78. The van der Waals surface area contributed by atoms with Crippen molar-refractivity contribution in [3.05, 3.63) is 33.7 Å². The molecular weight excluding hydrogens is 358 g/mol. The van der Waals surface area contributed by atoms with Gasteiger partial charge in [-0.1, -0.05) is 55.4 Å². The van der Waals surface area contributed by atoms with E-state index in [0.717, 1.165) is 16.7 Å². The predicted molar refractivity (Wildman–Crippen MR) is 113 cm³/mol. The standard InChI is InChI=1S/C22H35NO3S/c1-15(2)14-23-10-9-17(27(23,25)26)11-16-12-18(21(3,4)5)20(24)19(13-16)22(6,7)8/h11-13,15,24H,9-10,14H2,1-8H3/b17-11-. The first kappa shape index (κ1) is 22.0. The molecule has 1 aromatic carbocycles. The van der Waals surface area contributed by atoms with E-state index >= 15 is 0 Å². The van der Waals surface area contributed by atoms with E-state index in [1.807, 2.05) is 26.0 Å². The molecule has 1 aromatic rings. The van der Waals surface area contributed by atoms with Crippen molar-refractivity contribution in [1.29, 1.82) is 0 Å². The highest BCUT2D eigenvalue weighted by Gasteiger charge is 2.34. The number of nitrogens with zero attached hydrogens (tertiary/aromatic N) is 1. The van der Waals surface area contributed by atoms with Crippen molar-refractivity contribution in [2.75, 3.05) is 13.1 Å². The van der Waals surface area contributed by atoms with Gasteiger partial charge in [0.05, 0.1) is 4.91 Å². The van der Waals surface area contributed by atoms with Gasteiger partial charge in [0, 0.05) is 24.2 Å². The first-order chi connectivity index (χ1) is 12.1. The number of benzene rings is 1. The maximum Gasteiger partial charge on any atom is 0.239 e. The minimum Gasteiger partial charge on any atom is -0.507 e. The Morgan fingerprint density at radius 1 is 1.07 bits per heavy atom. The molecular formula is C22H35NO3S. The largest absolute Gasteiger partial charge is 0.507 e.